The van der Waals surface area contributed by atoms with Gasteiger partial charge < -0.3 is 15.3 Å². The number of aliphatic carboxylic acids is 1. The summed E-state index contributed by atoms with van der Waals surface area (Å²) in [6.45, 7) is 2.59. The Hall–Kier alpha value is -4.14. The Morgan fingerprint density at radius 3 is 1.95 bits per heavy atom. The van der Waals surface area contributed by atoms with Crippen LogP contribution >= 0.6 is 0 Å². The summed E-state index contributed by atoms with van der Waals surface area (Å²) >= 11 is 0. The molecule has 218 valence electrons. The van der Waals surface area contributed by atoms with Gasteiger partial charge in [-0.25, -0.2) is 4.79 Å². The lowest BCUT2D eigenvalue weighted by Gasteiger charge is -2.21. The van der Waals surface area contributed by atoms with E-state index in [1.165, 1.54) is 37.8 Å². The van der Waals surface area contributed by atoms with Crippen LogP contribution in [0.15, 0.2) is 72.8 Å². The number of carboxylic acid groups (broad SMARTS) is 1. The Bertz CT molecular complexity index is 1310. The van der Waals surface area contributed by atoms with E-state index < -0.39 is 23.6 Å². The highest BCUT2D eigenvalue weighted by Crippen LogP contribution is 2.29. The Morgan fingerprint density at radius 1 is 0.780 bits per heavy atom. The largest absolute Gasteiger partial charge is 0.474 e. The zero-order valence-electron chi connectivity index (χ0n) is 23.0. The van der Waals surface area contributed by atoms with Gasteiger partial charge in [0.05, 0.1) is 5.56 Å². The topological polar surface area (TPSA) is 86.7 Å². The van der Waals surface area contributed by atoms with E-state index >= 15 is 0 Å². The number of carbonyl (C=O) groups excluding carboxylic acids is 2. The molecular formula is C32H35F3N2O4. The molecule has 0 aliphatic carbocycles. The van der Waals surface area contributed by atoms with Crippen molar-refractivity contribution in [3.8, 4) is 11.1 Å². The van der Waals surface area contributed by atoms with Crippen LogP contribution in [-0.4, -0.2) is 34.3 Å². The third-order valence-corrected chi connectivity index (χ3v) is 6.73. The van der Waals surface area contributed by atoms with E-state index in [-0.39, 0.29) is 19.0 Å². The number of alkyl halides is 3. The first-order chi connectivity index (χ1) is 19.6. The van der Waals surface area contributed by atoms with Crippen LogP contribution in [0.3, 0.4) is 0 Å². The minimum Gasteiger partial charge on any atom is -0.474 e. The first-order valence-corrected chi connectivity index (χ1v) is 13.7. The molecule has 0 aliphatic rings. The third kappa shape index (κ3) is 9.77. The molecular weight excluding hydrogens is 533 g/mol. The van der Waals surface area contributed by atoms with E-state index in [1.54, 1.807) is 30.3 Å². The number of amides is 2. The Balaban J connectivity index is 1.64. The van der Waals surface area contributed by atoms with E-state index in [4.69, 9.17) is 0 Å². The van der Waals surface area contributed by atoms with Crippen LogP contribution in [0.4, 0.5) is 13.2 Å². The molecule has 0 saturated carbocycles. The number of rotatable bonds is 13. The summed E-state index contributed by atoms with van der Waals surface area (Å²) in [5.41, 5.74) is 2.39. The molecule has 0 bridgehead atoms. The molecule has 9 heteroatoms. The monoisotopic (exact) mass is 568 g/mol. The van der Waals surface area contributed by atoms with Gasteiger partial charge in [0.1, 0.15) is 0 Å². The van der Waals surface area contributed by atoms with Crippen molar-refractivity contribution >= 4 is 17.8 Å². The zero-order chi connectivity index (χ0) is 29.8. The minimum atomic E-state index is -4.49. The average molecular weight is 569 g/mol. The van der Waals surface area contributed by atoms with Gasteiger partial charge in [-0.15, -0.1) is 0 Å². The van der Waals surface area contributed by atoms with Crippen LogP contribution in [0.1, 0.15) is 72.5 Å². The van der Waals surface area contributed by atoms with Crippen LogP contribution in [0, 0.1) is 0 Å². The van der Waals surface area contributed by atoms with Gasteiger partial charge in [0.25, 0.3) is 5.91 Å². The molecule has 0 heterocycles. The zero-order valence-corrected chi connectivity index (χ0v) is 23.0. The molecule has 2 N–H and O–H groups in total. The Labute approximate surface area is 238 Å². The quantitative estimate of drug-likeness (QED) is 0.171. The van der Waals surface area contributed by atoms with Crippen molar-refractivity contribution in [2.24, 2.45) is 0 Å². The first-order valence-electron chi connectivity index (χ1n) is 13.7. The van der Waals surface area contributed by atoms with E-state index in [0.717, 1.165) is 41.0 Å². The third-order valence-electron chi connectivity index (χ3n) is 6.73. The molecule has 2 amide bonds. The van der Waals surface area contributed by atoms with Gasteiger partial charge in [0.2, 0.25) is 0 Å². The Morgan fingerprint density at radius 2 is 1.37 bits per heavy atom. The number of carboxylic acids is 1. The SMILES string of the molecule is CCCCCCCCNC(=O)c1cccc(-c2ccc(CN(Cc3ccc(C(F)(F)F)cc3)C(=O)C(=O)O)cc2)c1. The molecule has 0 fully saturated rings. The maximum atomic E-state index is 12.9. The van der Waals surface area contributed by atoms with Crippen molar-refractivity contribution in [1.82, 2.24) is 10.2 Å². The van der Waals surface area contributed by atoms with E-state index in [1.807, 2.05) is 18.2 Å². The van der Waals surface area contributed by atoms with Gasteiger partial charge >= 0.3 is 18.1 Å². The van der Waals surface area contributed by atoms with Crippen molar-refractivity contribution in [2.45, 2.75) is 64.7 Å². The molecule has 3 aromatic carbocycles. The van der Waals surface area contributed by atoms with Crippen LogP contribution in [0.2, 0.25) is 0 Å². The summed E-state index contributed by atoms with van der Waals surface area (Å²) in [5, 5.41) is 12.2. The summed E-state index contributed by atoms with van der Waals surface area (Å²) in [5.74, 6) is -2.95. The molecule has 41 heavy (non-hydrogen) atoms. The minimum absolute atomic E-state index is 0.0483. The number of hydrogen-bond donors (Lipinski definition) is 2. The van der Waals surface area contributed by atoms with Crippen molar-refractivity contribution < 1.29 is 32.7 Å². The summed E-state index contributed by atoms with van der Waals surface area (Å²) in [6.07, 6.45) is 2.37. The molecule has 3 rings (SSSR count). The lowest BCUT2D eigenvalue weighted by atomic mass is 10.0. The summed E-state index contributed by atoms with van der Waals surface area (Å²) in [4.78, 5) is 37.4. The molecule has 0 radical (unpaired) electrons. The van der Waals surface area contributed by atoms with Crippen LogP contribution in [-0.2, 0) is 28.9 Å². The van der Waals surface area contributed by atoms with E-state index in [9.17, 15) is 32.7 Å². The molecule has 0 spiro atoms. The first kappa shape index (κ1) is 31.4. The second kappa shape index (κ2) is 15.0. The fourth-order valence-electron chi connectivity index (χ4n) is 4.43. The molecule has 0 unspecified atom stereocenters. The number of nitrogens with one attached hydrogen (secondary N) is 1. The van der Waals surface area contributed by atoms with Gasteiger partial charge in [-0.1, -0.05) is 87.6 Å². The van der Waals surface area contributed by atoms with Crippen molar-refractivity contribution in [2.75, 3.05) is 6.54 Å². The predicted octanol–water partition coefficient (Wildman–Crippen LogP) is 7.08. The second-order valence-corrected chi connectivity index (χ2v) is 9.96. The lowest BCUT2D eigenvalue weighted by molar-refractivity contribution is -0.156. The van der Waals surface area contributed by atoms with E-state index in [0.29, 0.717) is 23.2 Å². The van der Waals surface area contributed by atoms with Gasteiger partial charge in [-0.05, 0) is 52.9 Å². The number of halogens is 3. The summed E-state index contributed by atoms with van der Waals surface area (Å²) in [6, 6.07) is 18.6. The molecule has 0 atom stereocenters. The summed E-state index contributed by atoms with van der Waals surface area (Å²) in [7, 11) is 0. The smallest absolute Gasteiger partial charge is 0.416 e. The fraction of sp³-hybridized carbons (Fsp3) is 0.344. The molecule has 0 aromatic heterocycles. The second-order valence-electron chi connectivity index (χ2n) is 9.96. The number of carbonyl (C=O) groups is 3. The molecule has 6 nitrogen and oxygen atoms in total. The predicted molar refractivity (Wildman–Crippen MR) is 151 cm³/mol. The number of hydrogen-bond acceptors (Lipinski definition) is 3. The van der Waals surface area contributed by atoms with Gasteiger partial charge in [-0.2, -0.15) is 13.2 Å². The van der Waals surface area contributed by atoms with Crippen molar-refractivity contribution in [3.05, 3.63) is 95.1 Å². The fourth-order valence-corrected chi connectivity index (χ4v) is 4.43. The van der Waals surface area contributed by atoms with Gasteiger partial charge in [0, 0.05) is 25.2 Å². The molecule has 0 saturated heterocycles. The number of nitrogens with zero attached hydrogens (tertiary/aromatic N) is 1. The average Bonchev–Trinajstić information content (AvgIpc) is 2.96. The number of benzene rings is 3. The molecule has 3 aromatic rings. The lowest BCUT2D eigenvalue weighted by Crippen LogP contribution is -2.35. The van der Waals surface area contributed by atoms with Crippen molar-refractivity contribution in [3.63, 3.8) is 0 Å². The highest BCUT2D eigenvalue weighted by molar-refractivity contribution is 6.31. The van der Waals surface area contributed by atoms with Crippen LogP contribution in [0.5, 0.6) is 0 Å². The normalized spacial score (nSPS) is 11.2. The van der Waals surface area contributed by atoms with E-state index in [2.05, 4.69) is 12.2 Å². The Kier molecular flexibility index (Phi) is 11.5. The number of unbranched alkanes of at least 4 members (excludes halogenated alkanes) is 5. The maximum Gasteiger partial charge on any atom is 0.416 e. The maximum absolute atomic E-state index is 12.9. The molecule has 0 aliphatic heterocycles. The van der Waals surface area contributed by atoms with Crippen molar-refractivity contribution in [1.29, 1.82) is 0 Å². The highest BCUT2D eigenvalue weighted by Gasteiger charge is 2.30. The van der Waals surface area contributed by atoms with Gasteiger partial charge in [0.15, 0.2) is 0 Å². The standard InChI is InChI=1S/C32H35F3N2O4/c1-2-3-4-5-6-7-19-36-29(38)27-10-8-9-26(20-27)25-15-11-23(12-16-25)21-37(30(39)31(40)41)22-24-13-17-28(18-14-24)32(33,34)35/h8-18,20H,2-7,19,21-22H2,1H3,(H,36,38)(H,40,41). The van der Waals surface area contributed by atoms with Gasteiger partial charge in [-0.3, -0.25) is 9.59 Å². The highest BCUT2D eigenvalue weighted by atomic mass is 19.4. The summed E-state index contributed by atoms with van der Waals surface area (Å²) < 4.78 is 38.6. The van der Waals surface area contributed by atoms with Crippen LogP contribution < -0.4 is 5.32 Å². The van der Waals surface area contributed by atoms with Crippen LogP contribution in [0.25, 0.3) is 11.1 Å².